The van der Waals surface area contributed by atoms with Gasteiger partial charge >= 0.3 is 6.57 Å². The van der Waals surface area contributed by atoms with Gasteiger partial charge in [-0.05, 0) is 0 Å². The van der Waals surface area contributed by atoms with Crippen LogP contribution in [-0.2, 0) is 4.94 Å². The third-order valence-electron chi connectivity index (χ3n) is 0.0645. The summed E-state index contributed by atoms with van der Waals surface area (Å²) in [7, 11) is 0. The van der Waals surface area contributed by atoms with Crippen LogP contribution in [0, 0.1) is 6.57 Å². The SMILES string of the molecule is [C]#[N+]O[NH3+]. The van der Waals surface area contributed by atoms with E-state index in [0.717, 1.165) is 0 Å². The van der Waals surface area contributed by atoms with Crippen LogP contribution in [0.2, 0.25) is 0 Å². The molecule has 21 valence electrons. The third-order valence-corrected chi connectivity index (χ3v) is 0.0645. The van der Waals surface area contributed by atoms with Crippen LogP contribution in [0.15, 0.2) is 0 Å². The van der Waals surface area contributed by atoms with Crippen molar-refractivity contribution in [2.45, 2.75) is 0 Å². The summed E-state index contributed by atoms with van der Waals surface area (Å²) in [6, 6.07) is 0. The Morgan fingerprint density at radius 3 is 2.25 bits per heavy atom. The second kappa shape index (κ2) is 2.25. The van der Waals surface area contributed by atoms with Crippen molar-refractivity contribution in [2.75, 3.05) is 0 Å². The third kappa shape index (κ3) is 1.25. The van der Waals surface area contributed by atoms with E-state index in [1.165, 1.54) is 0 Å². The first kappa shape index (κ1) is 3.25. The highest BCUT2D eigenvalue weighted by Gasteiger charge is 1.62. The Morgan fingerprint density at radius 1 is 2.00 bits per heavy atom. The van der Waals surface area contributed by atoms with Crippen LogP contribution in [0.4, 0.5) is 0 Å². The van der Waals surface area contributed by atoms with Gasteiger partial charge in [-0.1, -0.05) is 5.90 Å². The summed E-state index contributed by atoms with van der Waals surface area (Å²) in [5, 5.41) is 2.38. The van der Waals surface area contributed by atoms with Gasteiger partial charge in [-0.25, -0.2) is 0 Å². The topological polar surface area (TPSA) is 41.2 Å². The first-order valence-corrected chi connectivity index (χ1v) is 0.695. The van der Waals surface area contributed by atoms with Crippen LogP contribution < -0.4 is 5.90 Å². The zero-order chi connectivity index (χ0) is 3.41. The lowest BCUT2D eigenvalue weighted by Gasteiger charge is -1.38. The molecule has 0 bridgehead atoms. The first-order valence-electron chi connectivity index (χ1n) is 0.695. The standard InChI is InChI=1S/CH3N2O/c1-3-4-2/h2H3/q+2. The van der Waals surface area contributed by atoms with Gasteiger partial charge in [0, 0.05) is 0 Å². The molecule has 0 atom stereocenters. The number of hydrogen-bond donors (Lipinski definition) is 1. The minimum atomic E-state index is 2.38. The lowest BCUT2D eigenvalue weighted by Crippen LogP contribution is -2.45. The highest BCUT2D eigenvalue weighted by atomic mass is 16.7. The van der Waals surface area contributed by atoms with E-state index in [1.54, 1.807) is 0 Å². The molecule has 4 heavy (non-hydrogen) atoms. The Balaban J connectivity index is 2.43. The molecule has 0 heterocycles. The highest BCUT2D eigenvalue weighted by molar-refractivity contribution is 4.11. The smallest absolute Gasteiger partial charge is 0.0909 e. The molecule has 0 saturated heterocycles. The van der Waals surface area contributed by atoms with Crippen LogP contribution in [0.25, 0.3) is 5.01 Å². The number of rotatable bonds is 0. The van der Waals surface area contributed by atoms with Crippen LogP contribution >= 0.6 is 0 Å². The molecule has 3 nitrogen and oxygen atoms in total. The Morgan fingerprint density at radius 2 is 2.25 bits per heavy atom. The molecule has 3 N–H and O–H groups in total. The predicted molar refractivity (Wildman–Crippen MR) is 10.6 cm³/mol. The van der Waals surface area contributed by atoms with E-state index in [4.69, 9.17) is 6.57 Å². The van der Waals surface area contributed by atoms with E-state index in [9.17, 15) is 0 Å². The second-order valence-corrected chi connectivity index (χ2v) is 0.220. The maximum atomic E-state index is 5.79. The zero-order valence-electron chi connectivity index (χ0n) is 2.06. The molecule has 0 aromatic rings. The lowest BCUT2D eigenvalue weighted by molar-refractivity contribution is -0.667. The van der Waals surface area contributed by atoms with Gasteiger partial charge in [-0.3, -0.25) is 0 Å². The number of hydrogen-bond acceptors (Lipinski definition) is 1. The fourth-order valence-corrected chi connectivity index (χ4v) is 0. The monoisotopic (exact) mass is 59.0 g/mol. The molecule has 0 aromatic carbocycles. The fourth-order valence-electron chi connectivity index (χ4n) is 0. The van der Waals surface area contributed by atoms with Crippen LogP contribution in [-0.4, -0.2) is 0 Å². The molecule has 3 heteroatoms. The van der Waals surface area contributed by atoms with Gasteiger partial charge in [0.1, 0.15) is 0 Å². The molecule has 0 rings (SSSR count). The fraction of sp³-hybridized carbons (Fsp3) is 0. The predicted octanol–water partition coefficient (Wildman–Crippen LogP) is -1.01. The number of nitrogens with zero attached hydrogens (tertiary/aromatic N) is 1. The van der Waals surface area contributed by atoms with Crippen LogP contribution in [0.3, 0.4) is 0 Å². The van der Waals surface area contributed by atoms with Crippen molar-refractivity contribution < 1.29 is 10.8 Å². The number of quaternary nitrogens is 1. The quantitative estimate of drug-likeness (QED) is 0.357. The molecule has 0 aliphatic carbocycles. The largest absolute Gasteiger partial charge is 0.535 e. The minimum absolute atomic E-state index is 2.38. The molecule has 0 aliphatic heterocycles. The molecule has 0 saturated carbocycles. The molecular formula is CH3N2O+2. The Labute approximate surface area is 23.7 Å². The van der Waals surface area contributed by atoms with Crippen molar-refractivity contribution >= 4 is 0 Å². The lowest BCUT2D eigenvalue weighted by atomic mass is 11.8. The first-order chi connectivity index (χ1) is 1.91. The molecular weight excluding hydrogens is 56.0 g/mol. The summed E-state index contributed by atoms with van der Waals surface area (Å²) >= 11 is 0. The van der Waals surface area contributed by atoms with E-state index in [-0.39, 0.29) is 0 Å². The normalized spacial score (nSPS) is 4.00. The van der Waals surface area contributed by atoms with Crippen molar-refractivity contribution in [1.82, 2.24) is 0 Å². The average Bonchev–Trinajstić information content (AvgIpc) is 1.37. The molecule has 0 amide bonds. The van der Waals surface area contributed by atoms with Crippen molar-refractivity contribution in [3.8, 4) is 0 Å². The summed E-state index contributed by atoms with van der Waals surface area (Å²) in [6.45, 7) is 5.79. The summed E-state index contributed by atoms with van der Waals surface area (Å²) < 4.78 is 0. The van der Waals surface area contributed by atoms with E-state index in [1.807, 2.05) is 0 Å². The maximum Gasteiger partial charge on any atom is 0.535 e. The summed E-state index contributed by atoms with van der Waals surface area (Å²) in [5.41, 5.74) is 0. The Bertz CT molecular complexity index is 35.8. The van der Waals surface area contributed by atoms with Gasteiger partial charge < -0.3 is 0 Å². The summed E-state index contributed by atoms with van der Waals surface area (Å²) in [6.07, 6.45) is 0. The summed E-state index contributed by atoms with van der Waals surface area (Å²) in [5.74, 6) is 2.75. The molecule has 0 aromatic heterocycles. The van der Waals surface area contributed by atoms with Gasteiger partial charge in [0.15, 0.2) is 0 Å². The van der Waals surface area contributed by atoms with Crippen molar-refractivity contribution in [2.24, 2.45) is 0 Å². The molecule has 1 radical (unpaired) electrons. The van der Waals surface area contributed by atoms with Gasteiger partial charge in [0.05, 0.1) is 4.94 Å². The van der Waals surface area contributed by atoms with Gasteiger partial charge in [-0.2, -0.15) is 0 Å². The zero-order valence-corrected chi connectivity index (χ0v) is 2.06. The summed E-state index contributed by atoms with van der Waals surface area (Å²) in [4.78, 5) is 3.58. The van der Waals surface area contributed by atoms with Gasteiger partial charge in [0.2, 0.25) is 0 Å². The molecule has 0 spiro atoms. The Kier molecular flexibility index (Phi) is 1.83. The van der Waals surface area contributed by atoms with E-state index >= 15 is 0 Å². The van der Waals surface area contributed by atoms with E-state index < -0.39 is 0 Å². The molecule has 0 unspecified atom stereocenters. The minimum Gasteiger partial charge on any atom is -0.0909 e. The van der Waals surface area contributed by atoms with Crippen molar-refractivity contribution in [1.29, 1.82) is 0 Å². The van der Waals surface area contributed by atoms with Crippen LogP contribution in [0.5, 0.6) is 0 Å². The van der Waals surface area contributed by atoms with Gasteiger partial charge in [-0.15, -0.1) is 0 Å². The molecule has 0 aliphatic rings. The molecule has 0 fully saturated rings. The average molecular weight is 59.0 g/mol. The Hall–Kier alpha value is -0.750. The van der Waals surface area contributed by atoms with Gasteiger partial charge in [0.25, 0.3) is 5.01 Å². The van der Waals surface area contributed by atoms with E-state index in [2.05, 4.69) is 15.8 Å². The highest BCUT2D eigenvalue weighted by Crippen LogP contribution is 1.40. The maximum absolute atomic E-state index is 5.79. The van der Waals surface area contributed by atoms with Crippen LogP contribution in [0.1, 0.15) is 0 Å². The van der Waals surface area contributed by atoms with Crippen molar-refractivity contribution in [3.63, 3.8) is 0 Å². The van der Waals surface area contributed by atoms with E-state index in [0.29, 0.717) is 0 Å². The second-order valence-electron chi connectivity index (χ2n) is 0.220. The van der Waals surface area contributed by atoms with Crippen molar-refractivity contribution in [3.05, 3.63) is 11.6 Å².